The highest BCUT2D eigenvalue weighted by Gasteiger charge is 2.39. The molecule has 3 atom stereocenters. The number of carboxylic acid groups (broad SMARTS) is 1. The van der Waals surface area contributed by atoms with E-state index in [4.69, 9.17) is 23.4 Å². The van der Waals surface area contributed by atoms with Gasteiger partial charge in [0, 0.05) is 50.6 Å². The Morgan fingerprint density at radius 3 is 2.10 bits per heavy atom. The molecular formula is C53H54N4O10. The number of oxazole rings is 1. The Morgan fingerprint density at radius 2 is 1.43 bits per heavy atom. The Morgan fingerprint density at radius 1 is 0.776 bits per heavy atom. The number of benzene rings is 5. The van der Waals surface area contributed by atoms with Crippen LogP contribution in [0, 0.1) is 18.8 Å². The summed E-state index contributed by atoms with van der Waals surface area (Å²) >= 11 is 0. The van der Waals surface area contributed by atoms with Gasteiger partial charge in [0.25, 0.3) is 0 Å². The van der Waals surface area contributed by atoms with Crippen LogP contribution in [0.1, 0.15) is 40.5 Å². The first-order valence-corrected chi connectivity index (χ1v) is 22.5. The molecular weight excluding hydrogens is 853 g/mol. The predicted molar refractivity (Wildman–Crippen MR) is 249 cm³/mol. The molecule has 6 aromatic rings. The molecule has 1 amide bonds. The Labute approximate surface area is 389 Å². The van der Waals surface area contributed by atoms with Crippen molar-refractivity contribution in [2.75, 3.05) is 53.0 Å². The smallest absolute Gasteiger partial charge is 0.416 e. The summed E-state index contributed by atoms with van der Waals surface area (Å²) in [4.78, 5) is 57.3. The highest BCUT2D eigenvalue weighted by molar-refractivity contribution is 5.83. The minimum atomic E-state index is -1.06. The molecule has 3 unspecified atom stereocenters. The van der Waals surface area contributed by atoms with Crippen LogP contribution in [0.25, 0.3) is 22.6 Å². The maximum atomic E-state index is 12.8. The van der Waals surface area contributed by atoms with Gasteiger partial charge in [0.2, 0.25) is 5.89 Å². The molecule has 346 valence electrons. The van der Waals surface area contributed by atoms with E-state index in [1.807, 2.05) is 96.8 Å². The SMILES string of the molecule is COC(=O)C1CNCCC1C(=O)OCC1c2ccccc2-c2ccccc21.Cc1oc(-c2ccccc2)nc1CCOc1ccc(CN2CCN(C(=O)Oc3ccccc3)C(C(=O)O)C2)cc1. The lowest BCUT2D eigenvalue weighted by atomic mass is 9.86. The standard InChI is InChI=1S/C31H31N3O6.C22H23NO4/c1-22-27(32-29(39-22)24-8-4-2-5-9-24)16-19-38-25-14-12-23(13-15-25)20-33-17-18-34(28(21-33)30(35)36)31(37)40-26-10-6-3-7-11-26;1-26-21(24)19-12-23-11-10-18(19)22(25)27-13-20-16-8-4-2-6-14(16)15-7-3-5-9-17(15)20/h2-15,28H,16-21H2,1H3,(H,35,36);2-9,18-20,23H,10-13H2,1H3. The molecule has 5 aromatic carbocycles. The quantitative estimate of drug-likeness (QED) is 0.108. The van der Waals surface area contributed by atoms with Gasteiger partial charge in [-0.25, -0.2) is 14.6 Å². The number of carbonyl (C=O) groups excluding carboxylic acids is 3. The molecule has 0 saturated carbocycles. The van der Waals surface area contributed by atoms with Crippen LogP contribution in [0.5, 0.6) is 11.5 Å². The second-order valence-electron chi connectivity index (χ2n) is 16.7. The first kappa shape index (κ1) is 46.2. The van der Waals surface area contributed by atoms with E-state index in [9.17, 15) is 24.3 Å². The van der Waals surface area contributed by atoms with E-state index >= 15 is 0 Å². The van der Waals surface area contributed by atoms with E-state index < -0.39 is 29.9 Å². The number of rotatable bonds is 13. The molecule has 0 bridgehead atoms. The molecule has 1 aliphatic carbocycles. The average Bonchev–Trinajstić information content (AvgIpc) is 3.90. The van der Waals surface area contributed by atoms with E-state index in [0.717, 1.165) is 28.3 Å². The van der Waals surface area contributed by atoms with E-state index in [0.29, 0.717) is 57.3 Å². The van der Waals surface area contributed by atoms with Gasteiger partial charge in [0.1, 0.15) is 29.9 Å². The number of hydrogen-bond acceptors (Lipinski definition) is 12. The number of aryl methyl sites for hydroxylation is 1. The summed E-state index contributed by atoms with van der Waals surface area (Å²) in [6, 6.07) is 41.7. The van der Waals surface area contributed by atoms with Crippen molar-refractivity contribution in [2.24, 2.45) is 11.8 Å². The number of amides is 1. The molecule has 3 heterocycles. The number of nitrogens with zero attached hydrogens (tertiary/aromatic N) is 3. The third-order valence-electron chi connectivity index (χ3n) is 12.4. The first-order valence-electron chi connectivity index (χ1n) is 22.5. The molecule has 9 rings (SSSR count). The van der Waals surface area contributed by atoms with E-state index in [2.05, 4.69) is 34.6 Å². The molecule has 0 spiro atoms. The number of para-hydroxylation sites is 1. The van der Waals surface area contributed by atoms with Crippen LogP contribution in [0.2, 0.25) is 0 Å². The highest BCUT2D eigenvalue weighted by Crippen LogP contribution is 2.44. The highest BCUT2D eigenvalue weighted by atomic mass is 16.6. The topological polar surface area (TPSA) is 170 Å². The van der Waals surface area contributed by atoms with E-state index in [-0.39, 0.29) is 37.6 Å². The summed E-state index contributed by atoms with van der Waals surface area (Å²) in [6.45, 7) is 5.36. The summed E-state index contributed by atoms with van der Waals surface area (Å²) in [5, 5.41) is 12.9. The minimum absolute atomic E-state index is 0.0274. The normalized spacial score (nSPS) is 17.8. The number of esters is 2. The van der Waals surface area contributed by atoms with E-state index in [1.54, 1.807) is 24.3 Å². The average molecular weight is 907 g/mol. The predicted octanol–water partition coefficient (Wildman–Crippen LogP) is 7.78. The van der Waals surface area contributed by atoms with Gasteiger partial charge in [-0.1, -0.05) is 97.1 Å². The van der Waals surface area contributed by atoms with Gasteiger partial charge < -0.3 is 33.8 Å². The second-order valence-corrected chi connectivity index (χ2v) is 16.7. The summed E-state index contributed by atoms with van der Waals surface area (Å²) in [5.41, 5.74) is 7.60. The van der Waals surface area contributed by atoms with Crippen molar-refractivity contribution in [3.05, 3.63) is 162 Å². The number of hydrogen-bond donors (Lipinski definition) is 2. The number of carbonyl (C=O) groups is 4. The first-order chi connectivity index (χ1) is 32.7. The zero-order chi connectivity index (χ0) is 46.7. The maximum Gasteiger partial charge on any atom is 0.416 e. The van der Waals surface area contributed by atoms with Crippen molar-refractivity contribution in [1.82, 2.24) is 20.1 Å². The molecule has 14 nitrogen and oxygen atoms in total. The number of piperazine rings is 1. The molecule has 2 saturated heterocycles. The molecule has 1 aromatic heterocycles. The van der Waals surface area contributed by atoms with Gasteiger partial charge >= 0.3 is 24.0 Å². The van der Waals surface area contributed by atoms with Crippen molar-refractivity contribution >= 4 is 24.0 Å². The van der Waals surface area contributed by atoms with Crippen molar-refractivity contribution in [2.45, 2.75) is 38.3 Å². The molecule has 2 N–H and O–H groups in total. The third kappa shape index (κ3) is 11.2. The Hall–Kier alpha value is -7.29. The maximum absolute atomic E-state index is 12.8. The third-order valence-corrected chi connectivity index (χ3v) is 12.4. The number of fused-ring (bicyclic) bond motifs is 3. The lowest BCUT2D eigenvalue weighted by molar-refractivity contribution is -0.160. The van der Waals surface area contributed by atoms with Gasteiger partial charge in [-0.3, -0.25) is 19.4 Å². The lowest BCUT2D eigenvalue weighted by Gasteiger charge is -2.38. The van der Waals surface area contributed by atoms with Crippen LogP contribution in [0.15, 0.2) is 138 Å². The Balaban J connectivity index is 0.000000196. The summed E-state index contributed by atoms with van der Waals surface area (Å²) in [5.74, 6) is -0.127. The Kier molecular flexibility index (Phi) is 15.0. The fraction of sp³-hybridized carbons (Fsp3) is 0.302. The number of ether oxygens (including phenoxy) is 4. The van der Waals surface area contributed by atoms with Crippen LogP contribution >= 0.6 is 0 Å². The Bertz CT molecular complexity index is 2590. The molecule has 14 heteroatoms. The molecule has 3 aliphatic rings. The molecule has 2 aliphatic heterocycles. The molecule has 2 fully saturated rings. The molecule has 0 radical (unpaired) electrons. The number of aromatic nitrogens is 1. The summed E-state index contributed by atoms with van der Waals surface area (Å²) < 4.78 is 27.7. The van der Waals surface area contributed by atoms with Gasteiger partial charge in [-0.2, -0.15) is 0 Å². The minimum Gasteiger partial charge on any atom is -0.493 e. The van der Waals surface area contributed by atoms with Gasteiger partial charge in [0.15, 0.2) is 0 Å². The van der Waals surface area contributed by atoms with Crippen molar-refractivity contribution in [3.63, 3.8) is 0 Å². The monoisotopic (exact) mass is 906 g/mol. The van der Waals surface area contributed by atoms with Crippen LogP contribution in [0.4, 0.5) is 4.79 Å². The number of nitrogens with one attached hydrogen (secondary N) is 1. The van der Waals surface area contributed by atoms with Crippen LogP contribution in [-0.2, 0) is 36.8 Å². The van der Waals surface area contributed by atoms with Crippen LogP contribution in [-0.4, -0.2) is 103 Å². The summed E-state index contributed by atoms with van der Waals surface area (Å²) in [7, 11) is 1.35. The fourth-order valence-electron chi connectivity index (χ4n) is 8.89. The lowest BCUT2D eigenvalue weighted by Crippen LogP contribution is -2.58. The zero-order valence-electron chi connectivity index (χ0n) is 37.5. The van der Waals surface area contributed by atoms with Crippen molar-refractivity contribution in [3.8, 4) is 34.1 Å². The number of methoxy groups -OCH3 is 1. The van der Waals surface area contributed by atoms with Gasteiger partial charge in [-0.05, 0) is 84.1 Å². The van der Waals surface area contributed by atoms with Crippen molar-refractivity contribution in [1.29, 1.82) is 0 Å². The molecule has 67 heavy (non-hydrogen) atoms. The number of piperidine rings is 1. The number of aliphatic carboxylic acids is 1. The van der Waals surface area contributed by atoms with Crippen LogP contribution < -0.4 is 14.8 Å². The largest absolute Gasteiger partial charge is 0.493 e. The van der Waals surface area contributed by atoms with Gasteiger partial charge in [0.05, 0.1) is 31.2 Å². The van der Waals surface area contributed by atoms with Crippen molar-refractivity contribution < 1.29 is 47.6 Å². The van der Waals surface area contributed by atoms with Crippen LogP contribution in [0.3, 0.4) is 0 Å². The zero-order valence-corrected chi connectivity index (χ0v) is 37.5. The fourth-order valence-corrected chi connectivity index (χ4v) is 8.89. The number of carboxylic acids is 1. The van der Waals surface area contributed by atoms with E-state index in [1.165, 1.54) is 34.3 Å². The van der Waals surface area contributed by atoms with Gasteiger partial charge in [-0.15, -0.1) is 0 Å². The second kappa shape index (κ2) is 21.8. The summed E-state index contributed by atoms with van der Waals surface area (Å²) in [6.07, 6.45) is 0.547.